The van der Waals surface area contributed by atoms with Crippen LogP contribution < -0.4 is 10.1 Å². The van der Waals surface area contributed by atoms with Crippen molar-refractivity contribution in [1.82, 2.24) is 4.90 Å². The molecule has 1 atom stereocenters. The van der Waals surface area contributed by atoms with Crippen molar-refractivity contribution >= 4 is 11.6 Å². The van der Waals surface area contributed by atoms with Gasteiger partial charge in [-0.05, 0) is 42.8 Å². The number of rotatable bonds is 5. The van der Waals surface area contributed by atoms with Crippen LogP contribution >= 0.6 is 0 Å². The minimum absolute atomic E-state index is 0.0129. The average Bonchev–Trinajstić information content (AvgIpc) is 3.18. The Balaban J connectivity index is 1.46. The topological polar surface area (TPSA) is 41.6 Å². The standard InChI is InChI=1S/C23H22N2O2/c26-23(25-16-15-19(17-25)24-18-9-3-1-4-10-18)21-13-7-8-14-22(21)27-20-11-5-2-6-12-20/h1-14,19,24H,15-17H2. The van der Waals surface area contributed by atoms with Gasteiger partial charge in [0.25, 0.3) is 5.91 Å². The summed E-state index contributed by atoms with van der Waals surface area (Å²) in [6, 6.07) is 27.4. The van der Waals surface area contributed by atoms with E-state index in [2.05, 4.69) is 5.32 Å². The number of hydrogen-bond acceptors (Lipinski definition) is 3. The van der Waals surface area contributed by atoms with Crippen LogP contribution in [0.1, 0.15) is 16.8 Å². The molecule has 3 aromatic rings. The number of anilines is 1. The summed E-state index contributed by atoms with van der Waals surface area (Å²) >= 11 is 0. The van der Waals surface area contributed by atoms with Crippen LogP contribution in [0, 0.1) is 0 Å². The second kappa shape index (κ2) is 7.96. The van der Waals surface area contributed by atoms with E-state index in [-0.39, 0.29) is 11.9 Å². The first-order valence-corrected chi connectivity index (χ1v) is 9.22. The minimum Gasteiger partial charge on any atom is -0.457 e. The highest BCUT2D eigenvalue weighted by atomic mass is 16.5. The Bertz CT molecular complexity index is 897. The van der Waals surface area contributed by atoms with Crippen LogP contribution in [0.3, 0.4) is 0 Å². The van der Waals surface area contributed by atoms with Crippen molar-refractivity contribution < 1.29 is 9.53 Å². The number of likely N-dealkylation sites (tertiary alicyclic amines) is 1. The molecule has 1 amide bonds. The minimum atomic E-state index is 0.0129. The fourth-order valence-electron chi connectivity index (χ4n) is 3.35. The molecule has 4 nitrogen and oxygen atoms in total. The monoisotopic (exact) mass is 358 g/mol. The second-order valence-electron chi connectivity index (χ2n) is 6.66. The van der Waals surface area contributed by atoms with Crippen molar-refractivity contribution in [2.45, 2.75) is 12.5 Å². The highest BCUT2D eigenvalue weighted by Gasteiger charge is 2.28. The van der Waals surface area contributed by atoms with E-state index >= 15 is 0 Å². The Hall–Kier alpha value is -3.27. The van der Waals surface area contributed by atoms with Crippen LogP contribution in [0.2, 0.25) is 0 Å². The Morgan fingerprint density at radius 3 is 2.33 bits per heavy atom. The maximum Gasteiger partial charge on any atom is 0.257 e. The Kier molecular flexibility index (Phi) is 5.06. The number of hydrogen-bond donors (Lipinski definition) is 1. The third-order valence-electron chi connectivity index (χ3n) is 4.71. The number of carbonyl (C=O) groups excluding carboxylic acids is 1. The summed E-state index contributed by atoms with van der Waals surface area (Å²) in [5, 5.41) is 3.51. The molecule has 0 aliphatic carbocycles. The lowest BCUT2D eigenvalue weighted by molar-refractivity contribution is 0.0789. The first-order chi connectivity index (χ1) is 13.3. The molecule has 136 valence electrons. The van der Waals surface area contributed by atoms with E-state index in [0.717, 1.165) is 24.4 Å². The molecule has 0 aromatic heterocycles. The summed E-state index contributed by atoms with van der Waals surface area (Å²) in [5.74, 6) is 1.33. The third kappa shape index (κ3) is 4.11. The molecule has 1 fully saturated rings. The van der Waals surface area contributed by atoms with Crippen molar-refractivity contribution in [2.24, 2.45) is 0 Å². The summed E-state index contributed by atoms with van der Waals surface area (Å²) in [6.07, 6.45) is 0.933. The number of para-hydroxylation sites is 3. The van der Waals surface area contributed by atoms with Crippen LogP contribution in [0.5, 0.6) is 11.5 Å². The van der Waals surface area contributed by atoms with E-state index in [0.29, 0.717) is 17.9 Å². The second-order valence-corrected chi connectivity index (χ2v) is 6.66. The van der Waals surface area contributed by atoms with Crippen LogP contribution in [-0.2, 0) is 0 Å². The maximum atomic E-state index is 13.1. The molecule has 1 N–H and O–H groups in total. The molecule has 1 aliphatic heterocycles. The molecule has 4 rings (SSSR count). The first kappa shape index (κ1) is 17.2. The summed E-state index contributed by atoms with van der Waals surface area (Å²) in [5.41, 5.74) is 1.69. The summed E-state index contributed by atoms with van der Waals surface area (Å²) in [4.78, 5) is 15.0. The molecule has 0 radical (unpaired) electrons. The van der Waals surface area contributed by atoms with Crippen molar-refractivity contribution in [3.63, 3.8) is 0 Å². The van der Waals surface area contributed by atoms with Crippen molar-refractivity contribution in [3.8, 4) is 11.5 Å². The van der Waals surface area contributed by atoms with Crippen LogP contribution in [0.25, 0.3) is 0 Å². The zero-order valence-corrected chi connectivity index (χ0v) is 15.0. The largest absolute Gasteiger partial charge is 0.457 e. The van der Waals surface area contributed by atoms with Gasteiger partial charge in [-0.25, -0.2) is 0 Å². The van der Waals surface area contributed by atoms with E-state index < -0.39 is 0 Å². The lowest BCUT2D eigenvalue weighted by Crippen LogP contribution is -2.31. The van der Waals surface area contributed by atoms with Crippen molar-refractivity contribution in [1.29, 1.82) is 0 Å². The van der Waals surface area contributed by atoms with Gasteiger partial charge in [-0.15, -0.1) is 0 Å². The fourth-order valence-corrected chi connectivity index (χ4v) is 3.35. The van der Waals surface area contributed by atoms with Crippen molar-refractivity contribution in [2.75, 3.05) is 18.4 Å². The Labute approximate surface area is 159 Å². The lowest BCUT2D eigenvalue weighted by atomic mass is 10.1. The number of amides is 1. The summed E-state index contributed by atoms with van der Waals surface area (Å²) in [6.45, 7) is 1.43. The molecule has 0 bridgehead atoms. The first-order valence-electron chi connectivity index (χ1n) is 9.22. The molecule has 1 aliphatic rings. The average molecular weight is 358 g/mol. The molecule has 1 unspecified atom stereocenters. The Morgan fingerprint density at radius 1 is 0.889 bits per heavy atom. The number of nitrogens with one attached hydrogen (secondary N) is 1. The van der Waals surface area contributed by atoms with Crippen molar-refractivity contribution in [3.05, 3.63) is 90.5 Å². The molecule has 3 aromatic carbocycles. The Morgan fingerprint density at radius 2 is 1.56 bits per heavy atom. The summed E-state index contributed by atoms with van der Waals surface area (Å²) < 4.78 is 5.95. The molecule has 0 spiro atoms. The highest BCUT2D eigenvalue weighted by Crippen LogP contribution is 2.27. The van der Waals surface area contributed by atoms with E-state index in [1.165, 1.54) is 0 Å². The molecule has 4 heteroatoms. The lowest BCUT2D eigenvalue weighted by Gasteiger charge is -2.19. The molecular weight excluding hydrogens is 336 g/mol. The molecule has 1 saturated heterocycles. The van der Waals surface area contributed by atoms with Gasteiger partial charge in [0.2, 0.25) is 0 Å². The predicted octanol–water partition coefficient (Wildman–Crippen LogP) is 4.81. The number of benzene rings is 3. The zero-order valence-electron chi connectivity index (χ0n) is 15.0. The predicted molar refractivity (Wildman–Crippen MR) is 107 cm³/mol. The normalized spacial score (nSPS) is 16.1. The number of nitrogens with zero attached hydrogens (tertiary/aromatic N) is 1. The van der Waals surface area contributed by atoms with E-state index in [1.807, 2.05) is 89.8 Å². The molecule has 1 heterocycles. The van der Waals surface area contributed by atoms with Gasteiger partial charge in [0.1, 0.15) is 11.5 Å². The maximum absolute atomic E-state index is 13.1. The SMILES string of the molecule is O=C(c1ccccc1Oc1ccccc1)N1CCC(Nc2ccccc2)C1. The van der Waals surface area contributed by atoms with Gasteiger partial charge in [0, 0.05) is 24.8 Å². The smallest absolute Gasteiger partial charge is 0.257 e. The van der Waals surface area contributed by atoms with Gasteiger partial charge in [-0.2, -0.15) is 0 Å². The van der Waals surface area contributed by atoms with Gasteiger partial charge in [-0.1, -0.05) is 48.5 Å². The molecular formula is C23H22N2O2. The zero-order chi connectivity index (χ0) is 18.5. The quantitative estimate of drug-likeness (QED) is 0.712. The fraction of sp³-hybridized carbons (Fsp3) is 0.174. The van der Waals surface area contributed by atoms with Crippen LogP contribution in [0.15, 0.2) is 84.9 Å². The van der Waals surface area contributed by atoms with E-state index in [4.69, 9.17) is 4.74 Å². The van der Waals surface area contributed by atoms with Crippen LogP contribution in [0.4, 0.5) is 5.69 Å². The van der Waals surface area contributed by atoms with E-state index in [9.17, 15) is 4.79 Å². The van der Waals surface area contributed by atoms with Crippen LogP contribution in [-0.4, -0.2) is 29.9 Å². The molecule has 27 heavy (non-hydrogen) atoms. The van der Waals surface area contributed by atoms with E-state index in [1.54, 1.807) is 0 Å². The highest BCUT2D eigenvalue weighted by molar-refractivity contribution is 5.97. The number of carbonyl (C=O) groups is 1. The number of ether oxygens (including phenoxy) is 1. The van der Waals surface area contributed by atoms with Gasteiger partial charge in [-0.3, -0.25) is 4.79 Å². The van der Waals surface area contributed by atoms with Gasteiger partial charge in [0.15, 0.2) is 0 Å². The third-order valence-corrected chi connectivity index (χ3v) is 4.71. The summed E-state index contributed by atoms with van der Waals surface area (Å²) in [7, 11) is 0. The van der Waals surface area contributed by atoms with Gasteiger partial charge in [0.05, 0.1) is 5.56 Å². The van der Waals surface area contributed by atoms with Gasteiger partial charge >= 0.3 is 0 Å². The molecule has 0 saturated carbocycles. The van der Waals surface area contributed by atoms with Gasteiger partial charge < -0.3 is 15.0 Å².